The Kier molecular flexibility index (Phi) is 4.43. The number of thiophene rings is 1. The number of hydrogen-bond donors (Lipinski definition) is 1. The third kappa shape index (κ3) is 3.41. The molecule has 0 radical (unpaired) electrons. The highest BCUT2D eigenvalue weighted by Gasteiger charge is 2.18. The van der Waals surface area contributed by atoms with Gasteiger partial charge < -0.3 is 5.32 Å². The van der Waals surface area contributed by atoms with Crippen molar-refractivity contribution in [2.75, 3.05) is 5.32 Å². The maximum atomic E-state index is 13.6. The van der Waals surface area contributed by atoms with Crippen molar-refractivity contribution in [3.8, 4) is 9.88 Å². The zero-order valence-corrected chi connectivity index (χ0v) is 14.1. The summed E-state index contributed by atoms with van der Waals surface area (Å²) in [6, 6.07) is 6.45. The number of carbonyl (C=O) groups excluding carboxylic acids is 1. The number of hydrogen-bond acceptors (Lipinski definition) is 4. The number of halogens is 3. The molecule has 0 unspecified atom stereocenters. The molecule has 0 fully saturated rings. The second-order valence-corrected chi connectivity index (χ2v) is 7.33. The minimum Gasteiger partial charge on any atom is -0.319 e. The van der Waals surface area contributed by atoms with Crippen LogP contribution in [-0.4, -0.2) is 10.9 Å². The molecule has 0 aliphatic heterocycles. The number of thiazole rings is 1. The summed E-state index contributed by atoms with van der Waals surface area (Å²) in [5.74, 6) is -1.86. The highest BCUT2D eigenvalue weighted by Crippen LogP contribution is 2.35. The van der Waals surface area contributed by atoms with E-state index in [2.05, 4.69) is 10.3 Å². The number of aryl methyl sites for hydroxylation is 1. The molecule has 8 heteroatoms. The number of carbonyl (C=O) groups is 1. The predicted octanol–water partition coefficient (Wildman–Crippen LogP) is 5.36. The summed E-state index contributed by atoms with van der Waals surface area (Å²) in [4.78, 5) is 17.8. The van der Waals surface area contributed by atoms with Crippen LogP contribution in [0.1, 0.15) is 15.4 Å². The quantitative estimate of drug-likeness (QED) is 0.674. The number of nitrogens with zero attached hydrogens (tertiary/aromatic N) is 1. The second kappa shape index (κ2) is 6.35. The molecule has 1 amide bonds. The topological polar surface area (TPSA) is 42.0 Å². The minimum absolute atomic E-state index is 0.205. The fourth-order valence-corrected chi connectivity index (χ4v) is 3.97. The molecule has 0 aliphatic carbocycles. The van der Waals surface area contributed by atoms with Crippen LogP contribution in [0.15, 0.2) is 30.3 Å². The van der Waals surface area contributed by atoms with Crippen molar-refractivity contribution in [3.05, 3.63) is 56.9 Å². The Hall–Kier alpha value is -1.83. The number of nitrogens with one attached hydrogen (secondary N) is 1. The summed E-state index contributed by atoms with van der Waals surface area (Å²) >= 11 is 8.43. The Bertz CT molecular complexity index is 891. The summed E-state index contributed by atoms with van der Waals surface area (Å²) in [6.07, 6.45) is 0. The van der Waals surface area contributed by atoms with Gasteiger partial charge in [0.25, 0.3) is 5.91 Å². The van der Waals surface area contributed by atoms with Gasteiger partial charge in [0, 0.05) is 6.07 Å². The van der Waals surface area contributed by atoms with Gasteiger partial charge in [-0.15, -0.1) is 22.7 Å². The molecular weight excluding hydrogens is 362 g/mol. The largest absolute Gasteiger partial charge is 0.319 e. The lowest BCUT2D eigenvalue weighted by Crippen LogP contribution is -2.12. The summed E-state index contributed by atoms with van der Waals surface area (Å²) in [5, 5.41) is 3.03. The molecular formula is C15H9ClF2N2OS2. The van der Waals surface area contributed by atoms with Crippen LogP contribution in [0.3, 0.4) is 0 Å². The summed E-state index contributed by atoms with van der Waals surface area (Å²) in [7, 11) is 0. The van der Waals surface area contributed by atoms with Crippen molar-refractivity contribution >= 4 is 45.9 Å². The fourth-order valence-electron chi connectivity index (χ4n) is 1.91. The van der Waals surface area contributed by atoms with E-state index in [1.54, 1.807) is 13.0 Å². The van der Waals surface area contributed by atoms with Crippen molar-refractivity contribution in [1.82, 2.24) is 4.98 Å². The Morgan fingerprint density at radius 3 is 2.70 bits per heavy atom. The van der Waals surface area contributed by atoms with Crippen LogP contribution < -0.4 is 5.32 Å². The summed E-state index contributed by atoms with van der Waals surface area (Å²) in [6.45, 7) is 1.69. The van der Waals surface area contributed by atoms with Gasteiger partial charge >= 0.3 is 0 Å². The second-order valence-electron chi connectivity index (χ2n) is 4.62. The van der Waals surface area contributed by atoms with Gasteiger partial charge in [-0.1, -0.05) is 11.6 Å². The Labute approximate surface area is 143 Å². The highest BCUT2D eigenvalue weighted by atomic mass is 35.5. The molecule has 0 aliphatic rings. The van der Waals surface area contributed by atoms with Gasteiger partial charge in [-0.25, -0.2) is 13.8 Å². The Morgan fingerprint density at radius 2 is 2.00 bits per heavy atom. The van der Waals surface area contributed by atoms with E-state index in [0.29, 0.717) is 19.9 Å². The number of rotatable bonds is 3. The molecule has 0 bridgehead atoms. The average Bonchev–Trinajstić information content (AvgIpc) is 3.09. The van der Waals surface area contributed by atoms with Crippen molar-refractivity contribution in [3.63, 3.8) is 0 Å². The number of aromatic nitrogens is 1. The van der Waals surface area contributed by atoms with E-state index in [9.17, 15) is 13.6 Å². The van der Waals surface area contributed by atoms with Crippen LogP contribution in [-0.2, 0) is 0 Å². The third-order valence-electron chi connectivity index (χ3n) is 2.96. The van der Waals surface area contributed by atoms with Crippen LogP contribution in [0.25, 0.3) is 9.88 Å². The van der Waals surface area contributed by atoms with Crippen LogP contribution in [0.4, 0.5) is 14.5 Å². The van der Waals surface area contributed by atoms with Gasteiger partial charge in [0.2, 0.25) is 0 Å². The molecule has 1 aromatic carbocycles. The maximum absolute atomic E-state index is 13.6. The standard InChI is InChI=1S/C15H9ClF2N2OS2/c1-7-13(23-15(19-7)11-4-5-12(16)22-11)14(21)20-10-6-8(17)2-3-9(10)18/h2-6H,1H3,(H,20,21). The fraction of sp³-hybridized carbons (Fsp3) is 0.0667. The van der Waals surface area contributed by atoms with Crippen LogP contribution in [0.2, 0.25) is 4.34 Å². The first-order chi connectivity index (χ1) is 10.9. The van der Waals surface area contributed by atoms with Gasteiger partial charge in [0.15, 0.2) is 0 Å². The zero-order chi connectivity index (χ0) is 16.6. The molecule has 23 heavy (non-hydrogen) atoms. The highest BCUT2D eigenvalue weighted by molar-refractivity contribution is 7.24. The SMILES string of the molecule is Cc1nc(-c2ccc(Cl)s2)sc1C(=O)Nc1cc(F)ccc1F. The van der Waals surface area contributed by atoms with E-state index in [0.717, 1.165) is 23.1 Å². The first-order valence-electron chi connectivity index (χ1n) is 6.43. The maximum Gasteiger partial charge on any atom is 0.267 e. The van der Waals surface area contributed by atoms with Crippen LogP contribution in [0.5, 0.6) is 0 Å². The monoisotopic (exact) mass is 370 g/mol. The van der Waals surface area contributed by atoms with Gasteiger partial charge in [-0.2, -0.15) is 0 Å². The molecule has 0 saturated heterocycles. The van der Waals surface area contributed by atoms with Gasteiger partial charge in [0.05, 0.1) is 20.6 Å². The van der Waals surface area contributed by atoms with E-state index in [-0.39, 0.29) is 5.69 Å². The van der Waals surface area contributed by atoms with Crippen molar-refractivity contribution in [1.29, 1.82) is 0 Å². The Morgan fingerprint density at radius 1 is 1.22 bits per heavy atom. The van der Waals surface area contributed by atoms with Crippen molar-refractivity contribution in [2.45, 2.75) is 6.92 Å². The molecule has 2 aromatic heterocycles. The number of anilines is 1. The Balaban J connectivity index is 1.88. The lowest BCUT2D eigenvalue weighted by Gasteiger charge is -2.05. The minimum atomic E-state index is -0.702. The predicted molar refractivity (Wildman–Crippen MR) is 89.5 cm³/mol. The molecule has 0 atom stereocenters. The molecule has 0 spiro atoms. The first-order valence-corrected chi connectivity index (χ1v) is 8.44. The van der Waals surface area contributed by atoms with E-state index in [4.69, 9.17) is 11.6 Å². The first kappa shape index (κ1) is 16.0. The summed E-state index contributed by atoms with van der Waals surface area (Å²) in [5.41, 5.74) is 0.312. The van der Waals surface area contributed by atoms with E-state index in [1.807, 2.05) is 6.07 Å². The lowest BCUT2D eigenvalue weighted by atomic mass is 10.3. The molecule has 3 aromatic rings. The van der Waals surface area contributed by atoms with Crippen LogP contribution >= 0.6 is 34.3 Å². The number of amides is 1. The third-order valence-corrected chi connectivity index (χ3v) is 5.52. The number of benzene rings is 1. The molecule has 0 saturated carbocycles. The molecule has 3 nitrogen and oxygen atoms in total. The van der Waals surface area contributed by atoms with E-state index in [1.165, 1.54) is 22.7 Å². The molecule has 3 rings (SSSR count). The van der Waals surface area contributed by atoms with Gasteiger partial charge in [0.1, 0.15) is 21.5 Å². The molecule has 2 heterocycles. The van der Waals surface area contributed by atoms with Gasteiger partial charge in [-0.05, 0) is 31.2 Å². The van der Waals surface area contributed by atoms with Gasteiger partial charge in [-0.3, -0.25) is 4.79 Å². The summed E-state index contributed by atoms with van der Waals surface area (Å²) < 4.78 is 27.4. The van der Waals surface area contributed by atoms with Crippen molar-refractivity contribution < 1.29 is 13.6 Å². The normalized spacial score (nSPS) is 10.8. The average molecular weight is 371 g/mol. The lowest BCUT2D eigenvalue weighted by molar-refractivity contribution is 0.102. The van der Waals surface area contributed by atoms with E-state index >= 15 is 0 Å². The molecule has 1 N–H and O–H groups in total. The van der Waals surface area contributed by atoms with Crippen molar-refractivity contribution in [2.24, 2.45) is 0 Å². The van der Waals surface area contributed by atoms with Crippen LogP contribution in [0, 0.1) is 18.6 Å². The smallest absolute Gasteiger partial charge is 0.267 e. The zero-order valence-electron chi connectivity index (χ0n) is 11.7. The van der Waals surface area contributed by atoms with E-state index < -0.39 is 17.5 Å². The molecule has 118 valence electrons.